The van der Waals surface area contributed by atoms with E-state index in [-0.39, 0.29) is 2.85 Å². The molecule has 35 heavy (non-hydrogen) atoms. The van der Waals surface area contributed by atoms with Gasteiger partial charge in [-0.3, -0.25) is 4.79 Å². The molecule has 2 N–H and O–H groups in total. The maximum Gasteiger partial charge on any atom is 0.390 e. The molecule has 3 aromatic rings. The van der Waals surface area contributed by atoms with Crippen LogP contribution in [-0.2, 0) is 16.0 Å². The number of hydrogen-bond donors (Lipinski definition) is 2. The van der Waals surface area contributed by atoms with Gasteiger partial charge >= 0.3 is 5.63 Å². The van der Waals surface area contributed by atoms with Crippen LogP contribution in [-0.4, -0.2) is 50.3 Å². The molecule has 0 saturated carbocycles. The number of carbonyl (C=O) groups is 1. The summed E-state index contributed by atoms with van der Waals surface area (Å²) in [7, 11) is 0. The summed E-state index contributed by atoms with van der Waals surface area (Å²) in [5.41, 5.74) is 2.81. The van der Waals surface area contributed by atoms with Gasteiger partial charge in [0, 0.05) is 33.7 Å². The van der Waals surface area contributed by atoms with Crippen molar-refractivity contribution in [3.63, 3.8) is 0 Å². The SMILES string of the molecule is CC.CS[C@@H]1CNCCOC1.N#C[C@H](Cc1ccc(-c2ccc3oc(=O)c#cc3c2)cc1)NC=O.[HH].[HH]. The molecule has 4 rings (SSSR count). The fraction of sp³-hybridized carbons (Fsp3) is 0.370. The fourth-order valence-corrected chi connectivity index (χ4v) is 3.78. The van der Waals surface area contributed by atoms with Gasteiger partial charge in [-0.25, -0.2) is 4.79 Å². The molecule has 0 radical (unpaired) electrons. The molecule has 0 unspecified atom stereocenters. The van der Waals surface area contributed by atoms with Gasteiger partial charge < -0.3 is 19.8 Å². The second kappa shape index (κ2) is 15.6. The van der Waals surface area contributed by atoms with Crippen LogP contribution in [0.15, 0.2) is 51.7 Å². The molecule has 1 saturated heterocycles. The molecule has 2 atom stereocenters. The molecule has 1 aromatic heterocycles. The number of ether oxygens (including phenoxy) is 1. The third kappa shape index (κ3) is 9.11. The minimum absolute atomic E-state index is 0. The van der Waals surface area contributed by atoms with Gasteiger partial charge in [0.05, 0.1) is 24.7 Å². The third-order valence-electron chi connectivity index (χ3n) is 5.07. The third-order valence-corrected chi connectivity index (χ3v) is 6.04. The van der Waals surface area contributed by atoms with E-state index in [1.54, 1.807) is 6.07 Å². The van der Waals surface area contributed by atoms with Crippen molar-refractivity contribution >= 4 is 29.1 Å². The zero-order chi connectivity index (χ0) is 25.5. The fourth-order valence-electron chi connectivity index (χ4n) is 3.27. The number of carbonyl (C=O) groups excluding carboxylic acids is 1. The first-order valence-electron chi connectivity index (χ1n) is 11.5. The number of hydrogen-bond acceptors (Lipinski definition) is 7. The Kier molecular flexibility index (Phi) is 12.4. The average Bonchev–Trinajstić information content (AvgIpc) is 3.19. The molecule has 2 aromatic carbocycles. The van der Waals surface area contributed by atoms with E-state index in [1.165, 1.54) is 0 Å². The smallest absolute Gasteiger partial charge is 0.390 e. The molecular formula is C27H35N3O4S. The van der Waals surface area contributed by atoms with E-state index in [1.807, 2.05) is 68.1 Å². The van der Waals surface area contributed by atoms with Crippen LogP contribution < -0.4 is 16.3 Å². The zero-order valence-corrected chi connectivity index (χ0v) is 21.1. The van der Waals surface area contributed by atoms with Crippen molar-refractivity contribution in [1.29, 1.82) is 5.26 Å². The highest BCUT2D eigenvalue weighted by Crippen LogP contribution is 2.23. The number of amides is 1. The molecule has 1 aliphatic rings. The summed E-state index contributed by atoms with van der Waals surface area (Å²) >= 11 is 1.87. The number of rotatable bonds is 6. The topological polar surface area (TPSA) is 104 Å². The highest BCUT2D eigenvalue weighted by Gasteiger charge is 2.09. The molecule has 0 aliphatic carbocycles. The van der Waals surface area contributed by atoms with Gasteiger partial charge in [-0.05, 0) is 35.1 Å². The van der Waals surface area contributed by atoms with Crippen LogP contribution in [0.3, 0.4) is 0 Å². The largest absolute Gasteiger partial charge is 0.416 e. The Morgan fingerprint density at radius 2 is 2.00 bits per heavy atom. The summed E-state index contributed by atoms with van der Waals surface area (Å²) in [6, 6.07) is 19.8. The van der Waals surface area contributed by atoms with Gasteiger partial charge in [0.2, 0.25) is 6.41 Å². The molecule has 7 nitrogen and oxygen atoms in total. The number of nitrogens with one attached hydrogen (secondary N) is 2. The summed E-state index contributed by atoms with van der Waals surface area (Å²) in [5.74, 6) is 0. The van der Waals surface area contributed by atoms with Crippen molar-refractivity contribution in [1.82, 2.24) is 10.6 Å². The Morgan fingerprint density at radius 3 is 2.69 bits per heavy atom. The molecule has 8 heteroatoms. The number of benzene rings is 2. The Bertz CT molecular complexity index is 1140. The minimum Gasteiger partial charge on any atom is -0.416 e. The van der Waals surface area contributed by atoms with Gasteiger partial charge in [0.1, 0.15) is 11.6 Å². The zero-order valence-electron chi connectivity index (χ0n) is 20.3. The first-order valence-corrected chi connectivity index (χ1v) is 12.8. The normalized spacial score (nSPS) is 15.5. The first-order chi connectivity index (χ1) is 17.1. The van der Waals surface area contributed by atoms with Crippen LogP contribution in [0.25, 0.3) is 22.1 Å². The van der Waals surface area contributed by atoms with Gasteiger partial charge in [0.15, 0.2) is 0 Å². The van der Waals surface area contributed by atoms with Crippen LogP contribution in [0, 0.1) is 23.5 Å². The lowest BCUT2D eigenvalue weighted by Gasteiger charge is -2.08. The van der Waals surface area contributed by atoms with Gasteiger partial charge in [-0.1, -0.05) is 50.2 Å². The number of nitrogens with zero attached hydrogens (tertiary/aromatic N) is 1. The molecular weight excluding hydrogens is 462 g/mol. The van der Waals surface area contributed by atoms with E-state index >= 15 is 0 Å². The Labute approximate surface area is 213 Å². The van der Waals surface area contributed by atoms with Crippen molar-refractivity contribution in [2.45, 2.75) is 31.6 Å². The van der Waals surface area contributed by atoms with Gasteiger partial charge in [-0.2, -0.15) is 17.0 Å². The predicted octanol–water partition coefficient (Wildman–Crippen LogP) is 4.10. The Balaban J connectivity index is 0.000000846. The molecule has 0 spiro atoms. The number of fused-ring (bicyclic) bond motifs is 1. The second-order valence-corrected chi connectivity index (χ2v) is 8.49. The lowest BCUT2D eigenvalue weighted by Crippen LogP contribution is -2.28. The highest BCUT2D eigenvalue weighted by atomic mass is 32.2. The second-order valence-electron chi connectivity index (χ2n) is 7.35. The van der Waals surface area contributed by atoms with Crippen molar-refractivity contribution < 1.29 is 16.8 Å². The Morgan fingerprint density at radius 1 is 1.26 bits per heavy atom. The summed E-state index contributed by atoms with van der Waals surface area (Å²) in [6.07, 6.45) is 3.10. The van der Waals surface area contributed by atoms with Crippen LogP contribution in [0.5, 0.6) is 0 Å². The summed E-state index contributed by atoms with van der Waals surface area (Å²) in [6.45, 7) is 7.89. The molecule has 0 bridgehead atoms. The average molecular weight is 498 g/mol. The minimum atomic E-state index is -0.546. The number of thioether (sulfide) groups is 1. The molecule has 1 amide bonds. The molecule has 1 fully saturated rings. The van der Waals surface area contributed by atoms with E-state index < -0.39 is 11.7 Å². The summed E-state index contributed by atoms with van der Waals surface area (Å²) in [5, 5.41) is 16.1. The van der Waals surface area contributed by atoms with Crippen molar-refractivity contribution in [2.75, 3.05) is 32.6 Å². The summed E-state index contributed by atoms with van der Waals surface area (Å²) in [4.78, 5) is 21.6. The van der Waals surface area contributed by atoms with E-state index in [4.69, 9.17) is 14.4 Å². The van der Waals surface area contributed by atoms with Crippen LogP contribution >= 0.6 is 11.8 Å². The van der Waals surface area contributed by atoms with E-state index in [0.29, 0.717) is 29.1 Å². The van der Waals surface area contributed by atoms with E-state index in [0.717, 1.165) is 43.0 Å². The van der Waals surface area contributed by atoms with E-state index in [9.17, 15) is 9.59 Å². The predicted molar refractivity (Wildman–Crippen MR) is 144 cm³/mol. The van der Waals surface area contributed by atoms with Crippen molar-refractivity contribution in [3.05, 3.63) is 70.6 Å². The monoisotopic (exact) mass is 497 g/mol. The van der Waals surface area contributed by atoms with Gasteiger partial charge in [-0.15, -0.1) is 0 Å². The quantitative estimate of drug-likeness (QED) is 0.494. The van der Waals surface area contributed by atoms with Crippen molar-refractivity contribution in [2.24, 2.45) is 0 Å². The number of nitriles is 1. The standard InChI is InChI=1S/C19H12N2O3.C6H13NOS.C2H6.2H2/c20-11-17(21-12-22)9-13-1-3-14(4-2-13)15-5-7-18-16(10-15)6-8-19(23)24-18;1-9-6-4-7-2-3-8-5-6;1-2;;/h1-5,7,10,12,17H,9H2,(H,21,22);6-7H,2-5H2,1H3;1-2H3;2*1H/t17-;6-;;;/m01.../s1. The van der Waals surface area contributed by atoms with Crippen LogP contribution in [0.1, 0.15) is 22.3 Å². The lowest BCUT2D eigenvalue weighted by molar-refractivity contribution is -0.109. The lowest BCUT2D eigenvalue weighted by atomic mass is 10.0. The Hall–Kier alpha value is -3.30. The first kappa shape index (κ1) is 27.9. The van der Waals surface area contributed by atoms with Gasteiger partial charge in [0.25, 0.3) is 0 Å². The maximum atomic E-state index is 11.1. The van der Waals surface area contributed by atoms with Crippen LogP contribution in [0.2, 0.25) is 0 Å². The molecule has 1 aliphatic heterocycles. The molecule has 188 valence electrons. The highest BCUT2D eigenvalue weighted by molar-refractivity contribution is 7.99. The summed E-state index contributed by atoms with van der Waals surface area (Å²) < 4.78 is 10.4. The maximum absolute atomic E-state index is 11.1. The molecule has 2 heterocycles. The van der Waals surface area contributed by atoms with E-state index in [2.05, 4.69) is 29.0 Å². The van der Waals surface area contributed by atoms with Crippen LogP contribution in [0.4, 0.5) is 0 Å². The van der Waals surface area contributed by atoms with Crippen molar-refractivity contribution in [3.8, 4) is 17.2 Å².